The summed E-state index contributed by atoms with van der Waals surface area (Å²) < 4.78 is 17.2. The van der Waals surface area contributed by atoms with E-state index >= 15 is 0 Å². The normalized spacial score (nSPS) is 18.2. The standard InChI is InChI=1S/C26H35N9O7S3/c1-14(2)6-9-40-26(39)42-15(3)41-23(38)20-16(12-45-25-30-31-32-34(25)8-7-33(4)5)11-43-22-19(21(37)35(20)22)29-18(36)10-17-13-44-24(27)28-17/h13,15,19,22H,1,6-12H2,2-5H3,(H2,27,28)(H,29,36)/t15?,19-,22-/m1/s1. The molecule has 2 aromatic heterocycles. The summed E-state index contributed by atoms with van der Waals surface area (Å²) in [5.74, 6) is -1.10. The number of β-lactam (4-membered cyclic amide) rings is 1. The molecule has 2 aliphatic heterocycles. The predicted molar refractivity (Wildman–Crippen MR) is 167 cm³/mol. The number of tetrazole rings is 1. The van der Waals surface area contributed by atoms with Crippen LogP contribution in [0.2, 0.25) is 0 Å². The lowest BCUT2D eigenvalue weighted by Gasteiger charge is -2.49. The van der Waals surface area contributed by atoms with Crippen LogP contribution >= 0.6 is 34.9 Å². The topological polar surface area (TPSA) is 197 Å². The van der Waals surface area contributed by atoms with E-state index in [1.807, 2.05) is 19.0 Å². The zero-order chi connectivity index (χ0) is 32.7. The van der Waals surface area contributed by atoms with Crippen molar-refractivity contribution >= 4 is 63.9 Å². The average Bonchev–Trinajstić information content (AvgIpc) is 3.60. The van der Waals surface area contributed by atoms with Crippen LogP contribution in [0.5, 0.6) is 0 Å². The van der Waals surface area contributed by atoms with E-state index in [1.165, 1.54) is 46.7 Å². The minimum absolute atomic E-state index is 0.0208. The number of hydrogen-bond donors (Lipinski definition) is 2. The number of thioether (sulfide) groups is 2. The Labute approximate surface area is 272 Å². The van der Waals surface area contributed by atoms with Crippen LogP contribution in [0.15, 0.2) is 34.0 Å². The van der Waals surface area contributed by atoms with Crippen molar-refractivity contribution in [3.05, 3.63) is 34.5 Å². The number of nitrogen functional groups attached to an aromatic ring is 1. The highest BCUT2D eigenvalue weighted by molar-refractivity contribution is 8.01. The van der Waals surface area contributed by atoms with E-state index in [9.17, 15) is 19.2 Å². The number of hydrogen-bond acceptors (Lipinski definition) is 16. The number of anilines is 1. The highest BCUT2D eigenvalue weighted by atomic mass is 32.2. The predicted octanol–water partition coefficient (Wildman–Crippen LogP) is 1.27. The number of aromatic nitrogens is 5. The molecule has 4 rings (SSSR count). The molecule has 1 saturated heterocycles. The van der Waals surface area contributed by atoms with Gasteiger partial charge in [0.25, 0.3) is 5.91 Å². The molecule has 0 saturated carbocycles. The highest BCUT2D eigenvalue weighted by Crippen LogP contribution is 2.42. The summed E-state index contributed by atoms with van der Waals surface area (Å²) in [6.45, 7) is 8.25. The van der Waals surface area contributed by atoms with Gasteiger partial charge in [0, 0.05) is 36.8 Å². The molecule has 3 atom stereocenters. The fourth-order valence-electron chi connectivity index (χ4n) is 4.17. The van der Waals surface area contributed by atoms with Gasteiger partial charge >= 0.3 is 12.1 Å². The second kappa shape index (κ2) is 15.5. The molecule has 19 heteroatoms. The maximum Gasteiger partial charge on any atom is 0.511 e. The van der Waals surface area contributed by atoms with E-state index < -0.39 is 41.6 Å². The van der Waals surface area contributed by atoms with E-state index in [-0.39, 0.29) is 24.5 Å². The Bertz CT molecular complexity index is 1460. The molecule has 3 N–H and O–H groups in total. The number of amides is 2. The van der Waals surface area contributed by atoms with Crippen molar-refractivity contribution in [1.29, 1.82) is 0 Å². The average molecular weight is 682 g/mol. The number of carbonyl (C=O) groups excluding carboxylic acids is 4. The summed E-state index contributed by atoms with van der Waals surface area (Å²) in [4.78, 5) is 59.0. The third kappa shape index (κ3) is 9.18. The van der Waals surface area contributed by atoms with Crippen molar-refractivity contribution < 1.29 is 33.4 Å². The Morgan fingerprint density at radius 1 is 1.31 bits per heavy atom. The number of nitrogens with one attached hydrogen (secondary N) is 1. The number of carbonyl (C=O) groups is 4. The number of ether oxygens (including phenoxy) is 3. The molecule has 4 heterocycles. The minimum atomic E-state index is -1.31. The molecule has 45 heavy (non-hydrogen) atoms. The Hall–Kier alpha value is -3.68. The second-order valence-electron chi connectivity index (χ2n) is 10.4. The monoisotopic (exact) mass is 681 g/mol. The Morgan fingerprint density at radius 3 is 2.78 bits per heavy atom. The molecule has 0 aromatic carbocycles. The van der Waals surface area contributed by atoms with Crippen LogP contribution in [-0.4, -0.2) is 115 Å². The van der Waals surface area contributed by atoms with Gasteiger partial charge in [-0.1, -0.05) is 17.3 Å². The molecule has 0 bridgehead atoms. The van der Waals surface area contributed by atoms with Gasteiger partial charge in [-0.2, -0.15) is 0 Å². The minimum Gasteiger partial charge on any atom is -0.434 e. The van der Waals surface area contributed by atoms with Gasteiger partial charge in [-0.25, -0.2) is 19.3 Å². The third-order valence-electron chi connectivity index (χ3n) is 6.39. The van der Waals surface area contributed by atoms with Crippen molar-refractivity contribution in [2.45, 2.75) is 56.1 Å². The molecule has 2 aromatic rings. The van der Waals surface area contributed by atoms with Gasteiger partial charge in [0.05, 0.1) is 25.3 Å². The largest absolute Gasteiger partial charge is 0.511 e. The van der Waals surface area contributed by atoms with Crippen LogP contribution in [-0.2, 0) is 41.6 Å². The number of nitrogens with two attached hydrogens (primary N) is 1. The van der Waals surface area contributed by atoms with E-state index in [1.54, 1.807) is 17.0 Å². The van der Waals surface area contributed by atoms with Gasteiger partial charge in [0.2, 0.25) is 17.4 Å². The highest BCUT2D eigenvalue weighted by Gasteiger charge is 2.54. The zero-order valence-corrected chi connectivity index (χ0v) is 27.7. The van der Waals surface area contributed by atoms with Gasteiger partial charge in [0.1, 0.15) is 17.1 Å². The van der Waals surface area contributed by atoms with Crippen molar-refractivity contribution in [3.63, 3.8) is 0 Å². The van der Waals surface area contributed by atoms with Crippen LogP contribution in [0.25, 0.3) is 0 Å². The number of fused-ring (bicyclic) bond motifs is 1. The van der Waals surface area contributed by atoms with Crippen LogP contribution < -0.4 is 11.1 Å². The van der Waals surface area contributed by atoms with Gasteiger partial charge in [-0.15, -0.1) is 34.8 Å². The number of likely N-dealkylation sites (N-methyl/N-ethyl adjacent to an activating group) is 1. The maximum atomic E-state index is 13.5. The quantitative estimate of drug-likeness (QED) is 0.0895. The zero-order valence-electron chi connectivity index (χ0n) is 25.3. The van der Waals surface area contributed by atoms with Gasteiger partial charge in [0.15, 0.2) is 5.13 Å². The maximum absolute atomic E-state index is 13.5. The first kappa shape index (κ1) is 34.2. The Balaban J connectivity index is 1.47. The molecule has 2 aliphatic rings. The van der Waals surface area contributed by atoms with Crippen LogP contribution in [0.1, 0.15) is 26.0 Å². The molecular formula is C26H35N9O7S3. The number of esters is 1. The summed E-state index contributed by atoms with van der Waals surface area (Å²) in [6.07, 6.45) is -1.89. The summed E-state index contributed by atoms with van der Waals surface area (Å²) in [7, 11) is 3.88. The van der Waals surface area contributed by atoms with Crippen LogP contribution in [0.4, 0.5) is 9.93 Å². The first-order valence-electron chi connectivity index (χ1n) is 13.8. The van der Waals surface area contributed by atoms with Crippen molar-refractivity contribution in [2.75, 3.05) is 44.5 Å². The van der Waals surface area contributed by atoms with E-state index in [0.717, 1.165) is 12.1 Å². The van der Waals surface area contributed by atoms with Gasteiger partial charge in [-0.3, -0.25) is 14.5 Å². The van der Waals surface area contributed by atoms with Crippen molar-refractivity contribution in [1.82, 2.24) is 40.3 Å². The van der Waals surface area contributed by atoms with Gasteiger partial charge in [-0.05, 0) is 37.0 Å². The molecule has 0 spiro atoms. The smallest absolute Gasteiger partial charge is 0.434 e. The summed E-state index contributed by atoms with van der Waals surface area (Å²) in [6, 6.07) is -0.856. The van der Waals surface area contributed by atoms with E-state index in [4.69, 9.17) is 19.9 Å². The second-order valence-corrected chi connectivity index (χ2v) is 13.4. The third-order valence-corrected chi connectivity index (χ3v) is 9.49. The van der Waals surface area contributed by atoms with Crippen LogP contribution in [0.3, 0.4) is 0 Å². The molecule has 16 nitrogen and oxygen atoms in total. The molecule has 244 valence electrons. The molecular weight excluding hydrogens is 647 g/mol. The first-order chi connectivity index (χ1) is 21.4. The Morgan fingerprint density at radius 2 is 2.09 bits per heavy atom. The lowest BCUT2D eigenvalue weighted by molar-refractivity contribution is -0.169. The number of rotatable bonds is 15. The summed E-state index contributed by atoms with van der Waals surface area (Å²) in [5.41, 5.74) is 7.60. The SMILES string of the molecule is C=C(C)CCOC(=O)OC(C)OC(=O)C1=C(CSc2nnnn2CCN(C)C)CS[C@@H]2[C@H](NC(=O)Cc3csc(N)n3)C(=O)N12. The van der Waals surface area contributed by atoms with Gasteiger partial charge < -0.3 is 30.2 Å². The molecule has 1 fully saturated rings. The van der Waals surface area contributed by atoms with Crippen molar-refractivity contribution in [2.24, 2.45) is 0 Å². The molecule has 1 unspecified atom stereocenters. The fourth-order valence-corrected chi connectivity index (χ4v) is 7.12. The van der Waals surface area contributed by atoms with E-state index in [0.29, 0.717) is 40.3 Å². The fraction of sp³-hybridized carbons (Fsp3) is 0.538. The lowest BCUT2D eigenvalue weighted by Crippen LogP contribution is -2.70. The summed E-state index contributed by atoms with van der Waals surface area (Å²) >= 11 is 3.93. The molecule has 2 amide bonds. The first-order valence-corrected chi connectivity index (χ1v) is 16.7. The summed E-state index contributed by atoms with van der Waals surface area (Å²) in [5, 5.41) is 16.7. The van der Waals surface area contributed by atoms with E-state index in [2.05, 4.69) is 32.4 Å². The lowest BCUT2D eigenvalue weighted by atomic mass is 10.0. The van der Waals surface area contributed by atoms with Crippen LogP contribution in [0, 0.1) is 0 Å². The molecule has 0 aliphatic carbocycles. The number of nitrogens with zero attached hydrogens (tertiary/aromatic N) is 7. The number of thiazole rings is 1. The van der Waals surface area contributed by atoms with Crippen molar-refractivity contribution in [3.8, 4) is 0 Å². The Kier molecular flexibility index (Phi) is 11.8. The molecule has 0 radical (unpaired) electrons.